The Morgan fingerprint density at radius 1 is 1.04 bits per heavy atom. The number of aromatic amines is 2. The predicted octanol–water partition coefficient (Wildman–Crippen LogP) is 2.59. The SMILES string of the molecule is O=C(CCCn1c(=O)[nH]c2ccccc2c1=O)Nc1ccc2[nH]ccc2c1. The summed E-state index contributed by atoms with van der Waals surface area (Å²) in [4.78, 5) is 42.5. The second kappa shape index (κ2) is 6.95. The summed E-state index contributed by atoms with van der Waals surface area (Å²) in [5.74, 6) is -0.157. The van der Waals surface area contributed by atoms with E-state index < -0.39 is 5.69 Å². The number of nitrogens with one attached hydrogen (secondary N) is 3. The van der Waals surface area contributed by atoms with E-state index in [2.05, 4.69) is 15.3 Å². The van der Waals surface area contributed by atoms with Crippen LogP contribution < -0.4 is 16.6 Å². The van der Waals surface area contributed by atoms with Crippen LogP contribution in [0, 0.1) is 0 Å². The summed E-state index contributed by atoms with van der Waals surface area (Å²) in [5, 5.41) is 4.32. The molecule has 4 aromatic rings. The topological polar surface area (TPSA) is 99.8 Å². The number of hydrogen-bond acceptors (Lipinski definition) is 3. The standard InChI is InChI=1S/C20H18N4O3/c25-18(22-14-7-8-16-13(12-14)9-10-21-16)6-3-11-24-19(26)15-4-1-2-5-17(15)23-20(24)27/h1-2,4-5,7-10,12,21H,3,6,11H2,(H,22,25)(H,23,27). The minimum Gasteiger partial charge on any atom is -0.361 e. The van der Waals surface area contributed by atoms with Gasteiger partial charge in [0.1, 0.15) is 0 Å². The Hall–Kier alpha value is -3.61. The summed E-state index contributed by atoms with van der Waals surface area (Å²) in [6.07, 6.45) is 2.44. The van der Waals surface area contributed by atoms with Crippen molar-refractivity contribution >= 4 is 33.4 Å². The number of benzene rings is 2. The van der Waals surface area contributed by atoms with Gasteiger partial charge >= 0.3 is 5.69 Å². The van der Waals surface area contributed by atoms with E-state index in [9.17, 15) is 14.4 Å². The van der Waals surface area contributed by atoms with E-state index in [0.717, 1.165) is 15.5 Å². The molecule has 0 aliphatic carbocycles. The molecule has 4 rings (SSSR count). The molecule has 0 saturated heterocycles. The van der Waals surface area contributed by atoms with Crippen molar-refractivity contribution in [3.63, 3.8) is 0 Å². The number of H-pyrrole nitrogens is 2. The molecule has 2 aromatic carbocycles. The normalized spacial score (nSPS) is 11.1. The molecule has 136 valence electrons. The summed E-state index contributed by atoms with van der Waals surface area (Å²) in [7, 11) is 0. The van der Waals surface area contributed by atoms with Gasteiger partial charge in [-0.3, -0.25) is 14.2 Å². The number of amides is 1. The second-order valence-corrected chi connectivity index (χ2v) is 6.36. The highest BCUT2D eigenvalue weighted by atomic mass is 16.2. The Morgan fingerprint density at radius 3 is 2.78 bits per heavy atom. The Balaban J connectivity index is 1.42. The molecule has 2 heterocycles. The van der Waals surface area contributed by atoms with Crippen LogP contribution in [-0.4, -0.2) is 20.4 Å². The van der Waals surface area contributed by atoms with Crippen molar-refractivity contribution in [1.29, 1.82) is 0 Å². The first-order chi connectivity index (χ1) is 13.1. The molecule has 7 nitrogen and oxygen atoms in total. The smallest absolute Gasteiger partial charge is 0.328 e. The quantitative estimate of drug-likeness (QED) is 0.509. The highest BCUT2D eigenvalue weighted by Crippen LogP contribution is 2.18. The van der Waals surface area contributed by atoms with Gasteiger partial charge in [0, 0.05) is 35.8 Å². The molecule has 0 spiro atoms. The van der Waals surface area contributed by atoms with Gasteiger partial charge < -0.3 is 15.3 Å². The number of hydrogen-bond donors (Lipinski definition) is 3. The fourth-order valence-corrected chi connectivity index (χ4v) is 3.15. The van der Waals surface area contributed by atoms with E-state index in [0.29, 0.717) is 23.0 Å². The molecule has 1 amide bonds. The van der Waals surface area contributed by atoms with Crippen molar-refractivity contribution in [2.75, 3.05) is 5.32 Å². The monoisotopic (exact) mass is 362 g/mol. The van der Waals surface area contributed by atoms with Crippen molar-refractivity contribution < 1.29 is 4.79 Å². The first-order valence-electron chi connectivity index (χ1n) is 8.71. The predicted molar refractivity (Wildman–Crippen MR) is 105 cm³/mol. The first-order valence-corrected chi connectivity index (χ1v) is 8.71. The lowest BCUT2D eigenvalue weighted by Crippen LogP contribution is -2.35. The molecule has 0 saturated carbocycles. The molecule has 0 unspecified atom stereocenters. The molecule has 3 N–H and O–H groups in total. The van der Waals surface area contributed by atoms with E-state index in [-0.39, 0.29) is 24.4 Å². The zero-order valence-corrected chi connectivity index (χ0v) is 14.5. The third-order valence-electron chi connectivity index (χ3n) is 4.51. The van der Waals surface area contributed by atoms with Crippen LogP contribution >= 0.6 is 0 Å². The number of para-hydroxylation sites is 1. The first kappa shape index (κ1) is 16.8. The number of aromatic nitrogens is 3. The largest absolute Gasteiger partial charge is 0.361 e. The van der Waals surface area contributed by atoms with Crippen LogP contribution in [0.4, 0.5) is 5.69 Å². The Bertz CT molecular complexity index is 1250. The molecule has 2 aromatic heterocycles. The summed E-state index contributed by atoms with van der Waals surface area (Å²) in [5.41, 5.74) is 1.43. The molecule has 0 bridgehead atoms. The highest BCUT2D eigenvalue weighted by Gasteiger charge is 2.09. The molecule has 7 heteroatoms. The van der Waals surface area contributed by atoms with Gasteiger partial charge in [-0.1, -0.05) is 12.1 Å². The zero-order chi connectivity index (χ0) is 18.8. The Morgan fingerprint density at radius 2 is 1.89 bits per heavy atom. The second-order valence-electron chi connectivity index (χ2n) is 6.36. The van der Waals surface area contributed by atoms with Crippen molar-refractivity contribution in [1.82, 2.24) is 14.5 Å². The number of nitrogens with zero attached hydrogens (tertiary/aromatic N) is 1. The molecular formula is C20H18N4O3. The number of anilines is 1. The number of rotatable bonds is 5. The lowest BCUT2D eigenvalue weighted by molar-refractivity contribution is -0.116. The van der Waals surface area contributed by atoms with E-state index in [4.69, 9.17) is 0 Å². The fourth-order valence-electron chi connectivity index (χ4n) is 3.15. The van der Waals surface area contributed by atoms with Crippen molar-refractivity contribution in [2.45, 2.75) is 19.4 Å². The molecular weight excluding hydrogens is 344 g/mol. The summed E-state index contributed by atoms with van der Waals surface area (Å²) in [6, 6.07) is 14.4. The van der Waals surface area contributed by atoms with Crippen LogP contribution in [0.1, 0.15) is 12.8 Å². The Labute approximate surface area is 153 Å². The fraction of sp³-hybridized carbons (Fsp3) is 0.150. The van der Waals surface area contributed by atoms with Gasteiger partial charge in [0.15, 0.2) is 0 Å². The van der Waals surface area contributed by atoms with Crippen LogP contribution in [0.2, 0.25) is 0 Å². The maximum absolute atomic E-state index is 12.5. The number of carbonyl (C=O) groups excluding carboxylic acids is 1. The van der Waals surface area contributed by atoms with Crippen LogP contribution in [-0.2, 0) is 11.3 Å². The van der Waals surface area contributed by atoms with Gasteiger partial charge in [-0.15, -0.1) is 0 Å². The number of carbonyl (C=O) groups is 1. The maximum atomic E-state index is 12.5. The van der Waals surface area contributed by atoms with Crippen molar-refractivity contribution in [3.8, 4) is 0 Å². The average Bonchev–Trinajstić information content (AvgIpc) is 3.12. The van der Waals surface area contributed by atoms with Crippen LogP contribution in [0.3, 0.4) is 0 Å². The third kappa shape index (κ3) is 3.39. The van der Waals surface area contributed by atoms with Crippen LogP contribution in [0.25, 0.3) is 21.8 Å². The minimum absolute atomic E-state index is 0.157. The molecule has 27 heavy (non-hydrogen) atoms. The molecule has 0 fully saturated rings. The molecule has 0 aliphatic heterocycles. The molecule has 0 radical (unpaired) electrons. The average molecular weight is 362 g/mol. The van der Waals surface area contributed by atoms with E-state index >= 15 is 0 Å². The summed E-state index contributed by atoms with van der Waals surface area (Å²) < 4.78 is 1.14. The van der Waals surface area contributed by atoms with Gasteiger partial charge in [0.2, 0.25) is 5.91 Å². The lowest BCUT2D eigenvalue weighted by atomic mass is 10.2. The van der Waals surface area contributed by atoms with E-state index in [1.54, 1.807) is 24.3 Å². The van der Waals surface area contributed by atoms with Gasteiger partial charge in [-0.05, 0) is 42.8 Å². The van der Waals surface area contributed by atoms with E-state index in [1.807, 2.05) is 30.5 Å². The highest BCUT2D eigenvalue weighted by molar-refractivity contribution is 5.93. The lowest BCUT2D eigenvalue weighted by Gasteiger charge is -2.07. The summed E-state index contributed by atoms with van der Waals surface area (Å²) >= 11 is 0. The van der Waals surface area contributed by atoms with E-state index in [1.165, 1.54) is 0 Å². The van der Waals surface area contributed by atoms with Crippen molar-refractivity contribution in [3.05, 3.63) is 75.6 Å². The van der Waals surface area contributed by atoms with Gasteiger partial charge in [0.25, 0.3) is 5.56 Å². The van der Waals surface area contributed by atoms with Crippen LogP contribution in [0.5, 0.6) is 0 Å². The third-order valence-corrected chi connectivity index (χ3v) is 4.51. The van der Waals surface area contributed by atoms with Crippen molar-refractivity contribution in [2.24, 2.45) is 0 Å². The van der Waals surface area contributed by atoms with Crippen LogP contribution in [0.15, 0.2) is 64.3 Å². The molecule has 0 atom stereocenters. The maximum Gasteiger partial charge on any atom is 0.328 e. The van der Waals surface area contributed by atoms with Gasteiger partial charge in [-0.25, -0.2) is 4.79 Å². The van der Waals surface area contributed by atoms with Gasteiger partial charge in [-0.2, -0.15) is 0 Å². The summed E-state index contributed by atoms with van der Waals surface area (Å²) in [6.45, 7) is 0.184. The zero-order valence-electron chi connectivity index (χ0n) is 14.5. The Kier molecular flexibility index (Phi) is 4.33. The van der Waals surface area contributed by atoms with Gasteiger partial charge in [0.05, 0.1) is 10.9 Å². The minimum atomic E-state index is -0.461. The number of fused-ring (bicyclic) bond motifs is 2. The molecule has 0 aliphatic rings.